The molecule has 0 saturated heterocycles. The van der Waals surface area contributed by atoms with Crippen molar-refractivity contribution >= 4 is 10.8 Å². The Morgan fingerprint density at radius 3 is 2.29 bits per heavy atom. The van der Waals surface area contributed by atoms with Crippen molar-refractivity contribution in [3.63, 3.8) is 0 Å². The molecule has 0 aromatic heterocycles. The summed E-state index contributed by atoms with van der Waals surface area (Å²) < 4.78 is 74.5. The molecule has 41 heavy (non-hydrogen) atoms. The molecule has 0 spiro atoms. The average Bonchev–Trinajstić information content (AvgIpc) is 3.20. The van der Waals surface area contributed by atoms with Crippen LogP contribution in [0.25, 0.3) is 0 Å². The summed E-state index contributed by atoms with van der Waals surface area (Å²) >= 11 is 0. The van der Waals surface area contributed by atoms with Crippen LogP contribution in [0.5, 0.6) is 5.75 Å². The van der Waals surface area contributed by atoms with Gasteiger partial charge >= 0.3 is 12.1 Å². The number of hydrogen-bond donors (Lipinski definition) is 2. The third-order valence-corrected chi connectivity index (χ3v) is 12.0. The Labute approximate surface area is 244 Å². The first-order valence-electron chi connectivity index (χ1n) is 15.6. The lowest BCUT2D eigenvalue weighted by Crippen LogP contribution is -2.47. The number of unbranched alkanes of at least 4 members (excludes halogenated alkanes) is 6. The van der Waals surface area contributed by atoms with Gasteiger partial charge in [-0.3, -0.25) is 4.21 Å². The van der Waals surface area contributed by atoms with E-state index in [-0.39, 0.29) is 17.3 Å². The van der Waals surface area contributed by atoms with E-state index in [0.717, 1.165) is 77.0 Å². The molecule has 0 radical (unpaired) electrons. The predicted molar refractivity (Wildman–Crippen MR) is 153 cm³/mol. The molecule has 3 unspecified atom stereocenters. The van der Waals surface area contributed by atoms with E-state index in [9.17, 15) is 36.4 Å². The second-order valence-electron chi connectivity index (χ2n) is 13.2. The van der Waals surface area contributed by atoms with Gasteiger partial charge in [-0.25, -0.2) is 0 Å². The first-order valence-corrected chi connectivity index (χ1v) is 17.1. The van der Waals surface area contributed by atoms with Gasteiger partial charge in [0.15, 0.2) is 0 Å². The van der Waals surface area contributed by atoms with Crippen LogP contribution in [0.3, 0.4) is 0 Å². The van der Waals surface area contributed by atoms with Crippen molar-refractivity contribution in [2.45, 2.75) is 127 Å². The van der Waals surface area contributed by atoms with E-state index in [4.69, 9.17) is 0 Å². The fraction of sp³-hybridized carbons (Fsp3) is 0.812. The molecule has 3 aliphatic carbocycles. The summed E-state index contributed by atoms with van der Waals surface area (Å²) in [4.78, 5) is 0. The number of alkyl halides is 5. The van der Waals surface area contributed by atoms with Crippen molar-refractivity contribution in [3.8, 4) is 5.75 Å². The average molecular weight is 607 g/mol. The molecular formula is C32H47F5O3S. The Morgan fingerprint density at radius 2 is 1.59 bits per heavy atom. The van der Waals surface area contributed by atoms with Crippen LogP contribution in [0.4, 0.5) is 22.0 Å². The molecule has 9 heteroatoms. The van der Waals surface area contributed by atoms with E-state index in [0.29, 0.717) is 41.6 Å². The third kappa shape index (κ3) is 7.66. The molecule has 0 heterocycles. The Bertz CT molecular complexity index is 1030. The topological polar surface area (TPSA) is 57.5 Å². The van der Waals surface area contributed by atoms with Gasteiger partial charge in [0.1, 0.15) is 5.75 Å². The molecule has 234 valence electrons. The van der Waals surface area contributed by atoms with Crippen LogP contribution in [0, 0.1) is 23.2 Å². The second kappa shape index (κ2) is 13.6. The van der Waals surface area contributed by atoms with Gasteiger partial charge in [-0.1, -0.05) is 51.5 Å². The van der Waals surface area contributed by atoms with Crippen LogP contribution in [-0.4, -0.2) is 44.1 Å². The molecule has 0 aliphatic heterocycles. The van der Waals surface area contributed by atoms with Crippen molar-refractivity contribution < 1.29 is 36.4 Å². The van der Waals surface area contributed by atoms with Crippen LogP contribution < -0.4 is 0 Å². The van der Waals surface area contributed by atoms with E-state index in [1.54, 1.807) is 0 Å². The van der Waals surface area contributed by atoms with E-state index in [1.807, 2.05) is 12.1 Å². The summed E-state index contributed by atoms with van der Waals surface area (Å²) in [5, 5.41) is 21.0. The minimum absolute atomic E-state index is 0.0195. The number of halogens is 5. The summed E-state index contributed by atoms with van der Waals surface area (Å²) in [6.45, 7) is 2.30. The highest BCUT2D eigenvalue weighted by Crippen LogP contribution is 2.62. The molecule has 2 saturated carbocycles. The normalized spacial score (nSPS) is 30.5. The highest BCUT2D eigenvalue weighted by Gasteiger charge is 2.57. The summed E-state index contributed by atoms with van der Waals surface area (Å²) in [6, 6.07) is 5.92. The van der Waals surface area contributed by atoms with Crippen LogP contribution >= 0.6 is 0 Å². The SMILES string of the molecule is C[C@]12CCC3c4ccc(O)cc4C[C@@H](CCCCCCCCCS(=O)CCCC(F)(F)C(F)(F)F)[C@H]3C1CC[C@@H]2O. The predicted octanol–water partition coefficient (Wildman–Crippen LogP) is 8.68. The molecule has 2 N–H and O–H groups in total. The maximum absolute atomic E-state index is 13.0. The molecule has 7 atom stereocenters. The molecule has 1 aromatic carbocycles. The van der Waals surface area contributed by atoms with Gasteiger partial charge in [0.25, 0.3) is 0 Å². The third-order valence-electron chi connectivity index (χ3n) is 10.6. The zero-order chi connectivity index (χ0) is 29.8. The first kappa shape index (κ1) is 32.7. The summed E-state index contributed by atoms with van der Waals surface area (Å²) in [7, 11) is -1.35. The lowest BCUT2D eigenvalue weighted by Gasteiger charge is -2.53. The van der Waals surface area contributed by atoms with Crippen molar-refractivity contribution in [2.24, 2.45) is 23.2 Å². The lowest BCUT2D eigenvalue weighted by atomic mass is 9.52. The number of fused-ring (bicyclic) bond motifs is 5. The molecule has 1 aromatic rings. The summed E-state index contributed by atoms with van der Waals surface area (Å²) in [6.07, 6.45) is 5.97. The van der Waals surface area contributed by atoms with Crippen LogP contribution in [0.1, 0.15) is 114 Å². The van der Waals surface area contributed by atoms with E-state index in [1.165, 1.54) is 11.1 Å². The Balaban J connectivity index is 1.15. The molecule has 3 aliphatic rings. The maximum atomic E-state index is 13.0. The zero-order valence-corrected chi connectivity index (χ0v) is 25.1. The van der Waals surface area contributed by atoms with Gasteiger partial charge in [-0.15, -0.1) is 0 Å². The van der Waals surface area contributed by atoms with Gasteiger partial charge in [-0.2, -0.15) is 22.0 Å². The monoisotopic (exact) mass is 606 g/mol. The minimum atomic E-state index is -5.54. The number of benzene rings is 1. The van der Waals surface area contributed by atoms with E-state index >= 15 is 0 Å². The van der Waals surface area contributed by atoms with E-state index in [2.05, 4.69) is 13.0 Å². The number of hydrogen-bond acceptors (Lipinski definition) is 3. The number of aliphatic hydroxyl groups is 1. The smallest absolute Gasteiger partial charge is 0.453 e. The van der Waals surface area contributed by atoms with Crippen molar-refractivity contribution in [2.75, 3.05) is 11.5 Å². The molecule has 2 fully saturated rings. The number of aliphatic hydroxyl groups excluding tert-OH is 1. The van der Waals surface area contributed by atoms with Crippen molar-refractivity contribution in [1.82, 2.24) is 0 Å². The standard InChI is InChI=1S/C32H47F5O3S/c1-30-17-15-26-25-12-11-24(38)21-23(25)20-22(29(26)27(30)13-14-28(30)39)10-7-5-3-2-4-6-8-18-41(40)19-9-16-31(33,34)32(35,36)37/h11-12,21-22,26-29,38-39H,2-10,13-20H2,1H3/t22-,26?,27?,28+,29-,30+,41?/m1/s1. The minimum Gasteiger partial charge on any atom is -0.508 e. The van der Waals surface area contributed by atoms with Gasteiger partial charge in [0, 0.05) is 28.7 Å². The highest BCUT2D eigenvalue weighted by atomic mass is 32.2. The number of phenolic OH excluding ortho intramolecular Hbond substituents is 1. The van der Waals surface area contributed by atoms with Crippen molar-refractivity contribution in [1.29, 1.82) is 0 Å². The van der Waals surface area contributed by atoms with Gasteiger partial charge in [-0.05, 0) is 104 Å². The highest BCUT2D eigenvalue weighted by molar-refractivity contribution is 7.84. The quantitative estimate of drug-likeness (QED) is 0.165. The van der Waals surface area contributed by atoms with E-state index < -0.39 is 35.7 Å². The van der Waals surface area contributed by atoms with Crippen molar-refractivity contribution in [3.05, 3.63) is 29.3 Å². The largest absolute Gasteiger partial charge is 0.508 e. The van der Waals surface area contributed by atoms with Crippen LogP contribution in [-0.2, 0) is 17.2 Å². The fourth-order valence-corrected chi connectivity index (χ4v) is 9.48. The molecule has 4 rings (SSSR count). The van der Waals surface area contributed by atoms with Crippen LogP contribution in [0.2, 0.25) is 0 Å². The van der Waals surface area contributed by atoms with Crippen LogP contribution in [0.15, 0.2) is 18.2 Å². The Morgan fingerprint density at radius 1 is 0.927 bits per heavy atom. The number of aromatic hydroxyl groups is 1. The van der Waals surface area contributed by atoms with Gasteiger partial charge < -0.3 is 10.2 Å². The number of phenols is 1. The molecule has 0 bridgehead atoms. The fourth-order valence-electron chi connectivity index (χ4n) is 8.28. The maximum Gasteiger partial charge on any atom is 0.453 e. The van der Waals surface area contributed by atoms with Gasteiger partial charge in [0.2, 0.25) is 0 Å². The molecule has 0 amide bonds. The first-order chi connectivity index (χ1) is 19.3. The summed E-state index contributed by atoms with van der Waals surface area (Å²) in [5.74, 6) is -1.91. The second-order valence-corrected chi connectivity index (χ2v) is 14.9. The zero-order valence-electron chi connectivity index (χ0n) is 24.2. The lowest BCUT2D eigenvalue weighted by molar-refractivity contribution is -0.284. The Hall–Kier alpha value is -1.22. The summed E-state index contributed by atoms with van der Waals surface area (Å²) in [5.41, 5.74) is 2.73. The number of rotatable bonds is 14. The van der Waals surface area contributed by atoms with Gasteiger partial charge in [0.05, 0.1) is 6.10 Å². The molecule has 3 nitrogen and oxygen atoms in total. The Kier molecular flexibility index (Phi) is 10.8. The molecular weight excluding hydrogens is 559 g/mol.